The Hall–Kier alpha value is -1.47. The molecule has 0 aromatic rings. The molecule has 0 radical (unpaired) electrons. The lowest BCUT2D eigenvalue weighted by Crippen LogP contribution is -2.41. The van der Waals surface area contributed by atoms with Crippen molar-refractivity contribution in [3.05, 3.63) is 0 Å². The molecule has 1 saturated heterocycles. The Bertz CT molecular complexity index is 439. The van der Waals surface area contributed by atoms with E-state index in [0.29, 0.717) is 11.8 Å². The summed E-state index contributed by atoms with van der Waals surface area (Å²) in [5.41, 5.74) is 0. The van der Waals surface area contributed by atoms with Crippen LogP contribution in [-0.2, 0) is 4.79 Å². The zero-order chi connectivity index (χ0) is 15.9. The van der Waals surface area contributed by atoms with Gasteiger partial charge in [-0.25, -0.2) is 4.79 Å². The number of carboxylic acids is 1. The van der Waals surface area contributed by atoms with Gasteiger partial charge in [0.25, 0.3) is 0 Å². The molecule has 1 aliphatic heterocycles. The molecule has 2 aliphatic rings. The number of nitrogens with one attached hydrogen (secondary N) is 1. The van der Waals surface area contributed by atoms with Gasteiger partial charge < -0.3 is 15.3 Å². The molecule has 1 aliphatic carbocycles. The molecule has 2 fully saturated rings. The summed E-state index contributed by atoms with van der Waals surface area (Å²) in [6.45, 7) is 3.05. The largest absolute Gasteiger partial charge is 0.481 e. The Morgan fingerprint density at radius 2 is 1.90 bits per heavy atom. The van der Waals surface area contributed by atoms with Crippen LogP contribution < -0.4 is 5.32 Å². The standard InChI is InChI=1S/C13H19F3N2O3/c1-6(2)7-3-10(7)17-12(21)18-4-8(11(19)20)9(5-18)13(14,15)16/h6-10H,3-5H2,1-2H3,(H,17,21)(H,19,20)/t7-,8+,9+,10+/m0/s1. The number of alkyl halides is 3. The fourth-order valence-electron chi connectivity index (χ4n) is 2.92. The molecule has 0 unspecified atom stereocenters. The van der Waals surface area contributed by atoms with E-state index in [-0.39, 0.29) is 6.04 Å². The van der Waals surface area contributed by atoms with Gasteiger partial charge in [0.05, 0.1) is 11.8 Å². The molecule has 0 aromatic carbocycles. The Labute approximate surface area is 120 Å². The molecule has 0 aromatic heterocycles. The number of carbonyl (C=O) groups excluding carboxylic acids is 1. The number of hydrogen-bond donors (Lipinski definition) is 2. The highest BCUT2D eigenvalue weighted by molar-refractivity contribution is 5.78. The molecule has 4 atom stereocenters. The second kappa shape index (κ2) is 5.38. The lowest BCUT2D eigenvalue weighted by Gasteiger charge is -2.19. The average molecular weight is 308 g/mol. The quantitative estimate of drug-likeness (QED) is 0.837. The first kappa shape index (κ1) is 15.9. The maximum atomic E-state index is 12.8. The van der Waals surface area contributed by atoms with Crippen LogP contribution in [0.4, 0.5) is 18.0 Å². The van der Waals surface area contributed by atoms with E-state index in [2.05, 4.69) is 5.32 Å². The van der Waals surface area contributed by atoms with E-state index in [1.807, 2.05) is 13.8 Å². The highest BCUT2D eigenvalue weighted by Crippen LogP contribution is 2.39. The molecule has 2 rings (SSSR count). The highest BCUT2D eigenvalue weighted by atomic mass is 19.4. The molecular formula is C13H19F3N2O3. The van der Waals surface area contributed by atoms with Crippen LogP contribution in [0.5, 0.6) is 0 Å². The van der Waals surface area contributed by atoms with E-state index in [9.17, 15) is 22.8 Å². The van der Waals surface area contributed by atoms with Crippen LogP contribution in [0.15, 0.2) is 0 Å². The Morgan fingerprint density at radius 1 is 1.29 bits per heavy atom. The normalized spacial score (nSPS) is 32.4. The zero-order valence-electron chi connectivity index (χ0n) is 11.9. The Morgan fingerprint density at radius 3 is 2.29 bits per heavy atom. The van der Waals surface area contributed by atoms with E-state index < -0.39 is 43.1 Å². The minimum atomic E-state index is -4.61. The van der Waals surface area contributed by atoms with Gasteiger partial charge in [0, 0.05) is 19.1 Å². The number of carboxylic acid groups (broad SMARTS) is 1. The zero-order valence-corrected chi connectivity index (χ0v) is 11.9. The molecule has 8 heteroatoms. The van der Waals surface area contributed by atoms with Crippen molar-refractivity contribution in [1.29, 1.82) is 0 Å². The van der Waals surface area contributed by atoms with Gasteiger partial charge in [-0.3, -0.25) is 4.79 Å². The summed E-state index contributed by atoms with van der Waals surface area (Å²) in [5.74, 6) is -4.34. The Balaban J connectivity index is 1.96. The number of rotatable bonds is 3. The minimum absolute atomic E-state index is 0.00860. The molecular weight excluding hydrogens is 289 g/mol. The van der Waals surface area contributed by atoms with Crippen molar-refractivity contribution >= 4 is 12.0 Å². The molecule has 0 spiro atoms. The van der Waals surface area contributed by atoms with Gasteiger partial charge in [0.1, 0.15) is 0 Å². The Kier molecular flexibility index (Phi) is 4.08. The molecule has 0 bridgehead atoms. The highest BCUT2D eigenvalue weighted by Gasteiger charge is 2.54. The average Bonchev–Trinajstić information content (AvgIpc) is 2.94. The second-order valence-corrected chi connectivity index (χ2v) is 6.20. The number of hydrogen-bond acceptors (Lipinski definition) is 2. The number of urea groups is 1. The summed E-state index contributed by atoms with van der Waals surface area (Å²) < 4.78 is 38.5. The first-order chi connectivity index (χ1) is 9.61. The monoisotopic (exact) mass is 308 g/mol. The first-order valence-electron chi connectivity index (χ1n) is 6.96. The van der Waals surface area contributed by atoms with Gasteiger partial charge in [-0.2, -0.15) is 13.2 Å². The third kappa shape index (κ3) is 3.41. The third-order valence-electron chi connectivity index (χ3n) is 4.35. The van der Waals surface area contributed by atoms with E-state index in [1.165, 1.54) is 0 Å². The summed E-state index contributed by atoms with van der Waals surface area (Å²) in [6.07, 6.45) is -3.79. The number of halogens is 3. The van der Waals surface area contributed by atoms with Gasteiger partial charge in [0.2, 0.25) is 0 Å². The summed E-state index contributed by atoms with van der Waals surface area (Å²) in [6, 6.07) is -0.605. The summed E-state index contributed by atoms with van der Waals surface area (Å²) in [7, 11) is 0. The molecule has 2 amide bonds. The smallest absolute Gasteiger partial charge is 0.394 e. The van der Waals surface area contributed by atoms with E-state index in [1.54, 1.807) is 0 Å². The molecule has 21 heavy (non-hydrogen) atoms. The lowest BCUT2D eigenvalue weighted by atomic mass is 9.96. The van der Waals surface area contributed by atoms with Crippen molar-refractivity contribution in [1.82, 2.24) is 10.2 Å². The number of nitrogens with zero attached hydrogens (tertiary/aromatic N) is 1. The van der Waals surface area contributed by atoms with Crippen LogP contribution in [0.1, 0.15) is 20.3 Å². The van der Waals surface area contributed by atoms with Crippen LogP contribution in [-0.4, -0.2) is 47.3 Å². The van der Waals surface area contributed by atoms with Crippen LogP contribution >= 0.6 is 0 Å². The van der Waals surface area contributed by atoms with E-state index >= 15 is 0 Å². The molecule has 5 nitrogen and oxygen atoms in total. The SMILES string of the molecule is CC(C)[C@@H]1C[C@H]1NC(=O)N1C[C@@H](C(F)(F)F)[C@H](C(=O)O)C1. The molecule has 120 valence electrons. The topological polar surface area (TPSA) is 69.6 Å². The van der Waals surface area contributed by atoms with E-state index in [4.69, 9.17) is 5.11 Å². The lowest BCUT2D eigenvalue weighted by molar-refractivity contribution is -0.187. The number of amides is 2. The van der Waals surface area contributed by atoms with Crippen LogP contribution in [0, 0.1) is 23.7 Å². The number of aliphatic carboxylic acids is 1. The van der Waals surface area contributed by atoms with Crippen LogP contribution in [0.25, 0.3) is 0 Å². The van der Waals surface area contributed by atoms with Crippen LogP contribution in [0.3, 0.4) is 0 Å². The fraction of sp³-hybridized carbons (Fsp3) is 0.846. The van der Waals surface area contributed by atoms with Crippen LogP contribution in [0.2, 0.25) is 0 Å². The predicted octanol–water partition coefficient (Wildman–Crippen LogP) is 1.94. The summed E-state index contributed by atoms with van der Waals surface area (Å²) in [5, 5.41) is 11.6. The first-order valence-corrected chi connectivity index (χ1v) is 6.96. The predicted molar refractivity (Wildman–Crippen MR) is 67.5 cm³/mol. The maximum absolute atomic E-state index is 12.8. The van der Waals surface area contributed by atoms with Crippen molar-refractivity contribution < 1.29 is 27.9 Å². The van der Waals surface area contributed by atoms with Gasteiger partial charge in [0.15, 0.2) is 0 Å². The van der Waals surface area contributed by atoms with Crippen molar-refractivity contribution in [2.75, 3.05) is 13.1 Å². The van der Waals surface area contributed by atoms with Crippen molar-refractivity contribution in [3.8, 4) is 0 Å². The van der Waals surface area contributed by atoms with Gasteiger partial charge in [-0.05, 0) is 18.3 Å². The molecule has 1 saturated carbocycles. The number of carbonyl (C=O) groups is 2. The molecule has 2 N–H and O–H groups in total. The number of likely N-dealkylation sites (tertiary alicyclic amines) is 1. The van der Waals surface area contributed by atoms with Crippen molar-refractivity contribution in [2.45, 2.75) is 32.5 Å². The van der Waals surface area contributed by atoms with Gasteiger partial charge >= 0.3 is 18.2 Å². The molecule has 1 heterocycles. The summed E-state index contributed by atoms with van der Waals surface area (Å²) in [4.78, 5) is 23.9. The fourth-order valence-corrected chi connectivity index (χ4v) is 2.92. The van der Waals surface area contributed by atoms with Gasteiger partial charge in [-0.15, -0.1) is 0 Å². The third-order valence-corrected chi connectivity index (χ3v) is 4.35. The van der Waals surface area contributed by atoms with Crippen molar-refractivity contribution in [3.63, 3.8) is 0 Å². The second-order valence-electron chi connectivity index (χ2n) is 6.20. The van der Waals surface area contributed by atoms with Gasteiger partial charge in [-0.1, -0.05) is 13.8 Å². The van der Waals surface area contributed by atoms with Crippen molar-refractivity contribution in [2.24, 2.45) is 23.7 Å². The summed E-state index contributed by atoms with van der Waals surface area (Å²) >= 11 is 0. The van der Waals surface area contributed by atoms with E-state index in [0.717, 1.165) is 11.3 Å². The maximum Gasteiger partial charge on any atom is 0.394 e. The minimum Gasteiger partial charge on any atom is -0.481 e.